The minimum atomic E-state index is -0.131. The number of nitrogens with two attached hydrogens (primary N) is 1. The lowest BCUT2D eigenvalue weighted by Gasteiger charge is -2.08. The molecule has 1 aromatic carbocycles. The summed E-state index contributed by atoms with van der Waals surface area (Å²) in [5, 5.41) is 15.8. The van der Waals surface area contributed by atoms with Gasteiger partial charge in [-0.05, 0) is 57.0 Å². The summed E-state index contributed by atoms with van der Waals surface area (Å²) in [7, 11) is 0. The molecule has 0 aliphatic rings. The zero-order valence-corrected chi connectivity index (χ0v) is 16.0. The Morgan fingerprint density at radius 3 is 2.58 bits per heavy atom. The quantitative estimate of drug-likeness (QED) is 0.526. The van der Waals surface area contributed by atoms with E-state index in [1.165, 1.54) is 22.0 Å². The van der Waals surface area contributed by atoms with Gasteiger partial charge in [0.25, 0.3) is 5.95 Å². The standard InChI is InChI=1S/C17H21N7OS/c1-10-5-6-14(7-11(10)2)19-15(25)9-26-17-21-20-16(23(17)18)24-13(4)8-12(3)22-24/h5-8H,9,18H2,1-4H3,(H,19,25). The third-order valence-electron chi connectivity index (χ3n) is 3.97. The van der Waals surface area contributed by atoms with Gasteiger partial charge in [-0.3, -0.25) is 4.79 Å². The molecule has 3 rings (SSSR count). The second-order valence-electron chi connectivity index (χ2n) is 6.13. The van der Waals surface area contributed by atoms with Crippen molar-refractivity contribution >= 4 is 23.4 Å². The number of nitrogens with zero attached hydrogens (tertiary/aromatic N) is 5. The zero-order chi connectivity index (χ0) is 18.8. The van der Waals surface area contributed by atoms with Crippen LogP contribution in [-0.2, 0) is 4.79 Å². The fourth-order valence-corrected chi connectivity index (χ4v) is 3.14. The van der Waals surface area contributed by atoms with Crippen LogP contribution in [0.1, 0.15) is 22.5 Å². The molecule has 2 aromatic heterocycles. The van der Waals surface area contributed by atoms with Gasteiger partial charge < -0.3 is 11.2 Å². The smallest absolute Gasteiger partial charge is 0.271 e. The molecule has 9 heteroatoms. The number of carbonyl (C=O) groups is 1. The number of anilines is 1. The van der Waals surface area contributed by atoms with E-state index in [1.807, 2.05) is 52.0 Å². The summed E-state index contributed by atoms with van der Waals surface area (Å²) in [5.41, 5.74) is 4.87. The van der Waals surface area contributed by atoms with Gasteiger partial charge in [-0.15, -0.1) is 10.2 Å². The maximum absolute atomic E-state index is 12.2. The number of nitrogen functional groups attached to an aromatic ring is 1. The Morgan fingerprint density at radius 1 is 1.15 bits per heavy atom. The summed E-state index contributed by atoms with van der Waals surface area (Å²) in [4.78, 5) is 12.2. The van der Waals surface area contributed by atoms with E-state index >= 15 is 0 Å². The van der Waals surface area contributed by atoms with E-state index in [1.54, 1.807) is 4.68 Å². The SMILES string of the molecule is Cc1cc(C)n(-c2nnc(SCC(=O)Nc3ccc(C)c(C)c3)n2N)n1. The number of hydrogen-bond donors (Lipinski definition) is 2. The van der Waals surface area contributed by atoms with Gasteiger partial charge >= 0.3 is 0 Å². The number of aromatic nitrogens is 5. The third-order valence-corrected chi connectivity index (χ3v) is 4.91. The van der Waals surface area contributed by atoms with Crippen LogP contribution in [0.3, 0.4) is 0 Å². The Labute approximate surface area is 155 Å². The lowest BCUT2D eigenvalue weighted by atomic mass is 10.1. The van der Waals surface area contributed by atoms with Crippen molar-refractivity contribution < 1.29 is 4.79 Å². The highest BCUT2D eigenvalue weighted by Gasteiger charge is 2.16. The summed E-state index contributed by atoms with van der Waals surface area (Å²) in [5.74, 6) is 6.53. The third kappa shape index (κ3) is 3.72. The molecule has 8 nitrogen and oxygen atoms in total. The molecule has 0 aliphatic heterocycles. The van der Waals surface area contributed by atoms with Gasteiger partial charge in [0.05, 0.1) is 11.4 Å². The van der Waals surface area contributed by atoms with Gasteiger partial charge in [0, 0.05) is 11.4 Å². The van der Waals surface area contributed by atoms with Gasteiger partial charge in [0.2, 0.25) is 11.1 Å². The molecular formula is C17H21N7OS. The Balaban J connectivity index is 1.65. The van der Waals surface area contributed by atoms with E-state index in [-0.39, 0.29) is 11.7 Å². The fourth-order valence-electron chi connectivity index (χ4n) is 2.49. The number of aryl methyl sites for hydroxylation is 4. The Morgan fingerprint density at radius 2 is 1.92 bits per heavy atom. The Bertz CT molecular complexity index is 960. The molecule has 3 aromatic rings. The van der Waals surface area contributed by atoms with Crippen molar-refractivity contribution in [3.63, 3.8) is 0 Å². The molecule has 0 unspecified atom stereocenters. The van der Waals surface area contributed by atoms with Crippen LogP contribution in [0.5, 0.6) is 0 Å². The number of thioether (sulfide) groups is 1. The van der Waals surface area contributed by atoms with E-state index < -0.39 is 0 Å². The molecule has 0 fully saturated rings. The summed E-state index contributed by atoms with van der Waals surface area (Å²) in [6.07, 6.45) is 0. The van der Waals surface area contributed by atoms with Crippen molar-refractivity contribution in [1.82, 2.24) is 24.7 Å². The predicted octanol–water partition coefficient (Wildman–Crippen LogP) is 2.14. The van der Waals surface area contributed by atoms with Gasteiger partial charge in [-0.2, -0.15) is 5.10 Å². The molecule has 1 amide bonds. The van der Waals surface area contributed by atoms with Crippen LogP contribution in [0.15, 0.2) is 29.4 Å². The van der Waals surface area contributed by atoms with E-state index in [9.17, 15) is 4.79 Å². The highest BCUT2D eigenvalue weighted by Crippen LogP contribution is 2.19. The van der Waals surface area contributed by atoms with Crippen LogP contribution in [0.2, 0.25) is 0 Å². The average molecular weight is 371 g/mol. The number of benzene rings is 1. The Kier molecular flexibility index (Phi) is 4.99. The molecule has 2 heterocycles. The monoisotopic (exact) mass is 371 g/mol. The first-order chi connectivity index (χ1) is 12.3. The molecule has 26 heavy (non-hydrogen) atoms. The van der Waals surface area contributed by atoms with Crippen LogP contribution in [0.4, 0.5) is 5.69 Å². The zero-order valence-electron chi connectivity index (χ0n) is 15.1. The number of amides is 1. The number of hydrogen-bond acceptors (Lipinski definition) is 6. The maximum Gasteiger partial charge on any atom is 0.271 e. The van der Waals surface area contributed by atoms with E-state index in [0.717, 1.165) is 22.6 Å². The lowest BCUT2D eigenvalue weighted by Crippen LogP contribution is -2.18. The summed E-state index contributed by atoms with van der Waals surface area (Å²) in [6.45, 7) is 7.86. The molecule has 136 valence electrons. The van der Waals surface area contributed by atoms with Gasteiger partial charge in [-0.25, -0.2) is 9.36 Å². The Hall–Kier alpha value is -2.81. The van der Waals surface area contributed by atoms with E-state index in [2.05, 4.69) is 20.6 Å². The molecular weight excluding hydrogens is 350 g/mol. The molecule has 0 aliphatic carbocycles. The first-order valence-corrected chi connectivity index (χ1v) is 9.07. The van der Waals surface area contributed by atoms with Gasteiger partial charge in [0.1, 0.15) is 0 Å². The van der Waals surface area contributed by atoms with Crippen LogP contribution in [-0.4, -0.2) is 36.3 Å². The van der Waals surface area contributed by atoms with Crippen LogP contribution in [0.25, 0.3) is 5.95 Å². The fraction of sp³-hybridized carbons (Fsp3) is 0.294. The number of carbonyl (C=O) groups excluding carboxylic acids is 1. The highest BCUT2D eigenvalue weighted by molar-refractivity contribution is 7.99. The number of nitrogens with one attached hydrogen (secondary N) is 1. The normalized spacial score (nSPS) is 10.9. The van der Waals surface area contributed by atoms with Crippen molar-refractivity contribution in [3.8, 4) is 5.95 Å². The van der Waals surface area contributed by atoms with Crippen LogP contribution < -0.4 is 11.2 Å². The number of rotatable bonds is 5. The summed E-state index contributed by atoms with van der Waals surface area (Å²) < 4.78 is 2.97. The topological polar surface area (TPSA) is 104 Å². The van der Waals surface area contributed by atoms with Crippen molar-refractivity contribution in [2.24, 2.45) is 0 Å². The molecule has 0 spiro atoms. The molecule has 0 saturated carbocycles. The predicted molar refractivity (Wildman–Crippen MR) is 102 cm³/mol. The molecule has 0 atom stereocenters. The summed E-state index contributed by atoms with van der Waals surface area (Å²) in [6, 6.07) is 7.75. The summed E-state index contributed by atoms with van der Waals surface area (Å²) >= 11 is 1.22. The van der Waals surface area contributed by atoms with Crippen molar-refractivity contribution in [1.29, 1.82) is 0 Å². The van der Waals surface area contributed by atoms with E-state index in [0.29, 0.717) is 11.1 Å². The largest absolute Gasteiger partial charge is 0.334 e. The first-order valence-electron chi connectivity index (χ1n) is 8.09. The lowest BCUT2D eigenvalue weighted by molar-refractivity contribution is -0.113. The molecule has 0 radical (unpaired) electrons. The molecule has 0 bridgehead atoms. The van der Waals surface area contributed by atoms with Crippen LogP contribution in [0, 0.1) is 27.7 Å². The van der Waals surface area contributed by atoms with Gasteiger partial charge in [-0.1, -0.05) is 17.8 Å². The first kappa shape index (κ1) is 18.0. The second-order valence-corrected chi connectivity index (χ2v) is 7.07. The van der Waals surface area contributed by atoms with Crippen molar-refractivity contribution in [2.75, 3.05) is 16.9 Å². The minimum absolute atomic E-state index is 0.131. The minimum Gasteiger partial charge on any atom is -0.334 e. The maximum atomic E-state index is 12.2. The van der Waals surface area contributed by atoms with Crippen molar-refractivity contribution in [2.45, 2.75) is 32.9 Å². The highest BCUT2D eigenvalue weighted by atomic mass is 32.2. The van der Waals surface area contributed by atoms with E-state index in [4.69, 9.17) is 5.84 Å². The van der Waals surface area contributed by atoms with Crippen LogP contribution >= 0.6 is 11.8 Å². The van der Waals surface area contributed by atoms with Gasteiger partial charge in [0.15, 0.2) is 0 Å². The molecule has 3 N–H and O–H groups in total. The van der Waals surface area contributed by atoms with Crippen molar-refractivity contribution in [3.05, 3.63) is 46.8 Å². The average Bonchev–Trinajstić information content (AvgIpc) is 3.10. The molecule has 0 saturated heterocycles. The second kappa shape index (κ2) is 7.20.